The third kappa shape index (κ3) is 2.72. The molecule has 1 saturated heterocycles. The van der Waals surface area contributed by atoms with E-state index in [1.807, 2.05) is 18.2 Å². The summed E-state index contributed by atoms with van der Waals surface area (Å²) in [7, 11) is 0. The van der Waals surface area contributed by atoms with Crippen LogP contribution in [0.15, 0.2) is 22.7 Å². The average molecular weight is 291 g/mol. The van der Waals surface area contributed by atoms with E-state index in [4.69, 9.17) is 16.7 Å². The number of hydrogen-bond acceptors (Lipinski definition) is 2. The lowest BCUT2D eigenvalue weighted by molar-refractivity contribution is 0.0478. The first-order chi connectivity index (χ1) is 7.19. The Labute approximate surface area is 103 Å². The lowest BCUT2D eigenvalue weighted by Gasteiger charge is -2.38. The molecular weight excluding hydrogens is 277 g/mol. The van der Waals surface area contributed by atoms with Crippen LogP contribution in [0.25, 0.3) is 0 Å². The molecule has 0 saturated carbocycles. The summed E-state index contributed by atoms with van der Waals surface area (Å²) in [6, 6.07) is 5.86. The van der Waals surface area contributed by atoms with Crippen LogP contribution < -0.4 is 0 Å². The summed E-state index contributed by atoms with van der Waals surface area (Å²) in [5.41, 5.74) is 1.25. The van der Waals surface area contributed by atoms with Gasteiger partial charge >= 0.3 is 0 Å². The van der Waals surface area contributed by atoms with Gasteiger partial charge in [0.2, 0.25) is 0 Å². The summed E-state index contributed by atoms with van der Waals surface area (Å²) in [4.78, 5) is 2.31. The Morgan fingerprint density at radius 3 is 2.80 bits per heavy atom. The Morgan fingerprint density at radius 2 is 2.20 bits per heavy atom. The molecule has 4 heteroatoms. The zero-order valence-corrected chi connectivity index (χ0v) is 10.6. The predicted octanol–water partition coefficient (Wildman–Crippen LogP) is 2.53. The van der Waals surface area contributed by atoms with Gasteiger partial charge in [-0.1, -0.05) is 33.6 Å². The standard InChI is InChI=1S/C11H13BrClNO/c12-11-3-10(13)2-1-9(11)6-14-4-8(5-14)7-15/h1-3,8,15H,4-7H2. The topological polar surface area (TPSA) is 23.5 Å². The molecule has 1 heterocycles. The molecule has 0 atom stereocenters. The first-order valence-corrected chi connectivity index (χ1v) is 6.13. The van der Waals surface area contributed by atoms with Gasteiger partial charge in [-0.25, -0.2) is 0 Å². The number of likely N-dealkylation sites (tertiary alicyclic amines) is 1. The fraction of sp³-hybridized carbons (Fsp3) is 0.455. The molecule has 0 aromatic heterocycles. The number of aliphatic hydroxyl groups is 1. The normalized spacial score (nSPS) is 17.8. The quantitative estimate of drug-likeness (QED) is 0.925. The first kappa shape index (κ1) is 11.4. The van der Waals surface area contributed by atoms with Crippen LogP contribution in [0.2, 0.25) is 5.02 Å². The van der Waals surface area contributed by atoms with Gasteiger partial charge in [0.05, 0.1) is 0 Å². The van der Waals surface area contributed by atoms with Gasteiger partial charge in [-0.05, 0) is 17.7 Å². The Balaban J connectivity index is 1.94. The van der Waals surface area contributed by atoms with Crippen LogP contribution in [0.3, 0.4) is 0 Å². The van der Waals surface area contributed by atoms with Gasteiger partial charge in [-0.15, -0.1) is 0 Å². The molecule has 0 spiro atoms. The van der Waals surface area contributed by atoms with Crippen LogP contribution in [-0.4, -0.2) is 29.7 Å². The maximum absolute atomic E-state index is 8.91. The maximum Gasteiger partial charge on any atom is 0.0483 e. The highest BCUT2D eigenvalue weighted by Crippen LogP contribution is 2.25. The number of rotatable bonds is 3. The van der Waals surface area contributed by atoms with Gasteiger partial charge in [-0.3, -0.25) is 4.90 Å². The van der Waals surface area contributed by atoms with E-state index in [0.717, 1.165) is 29.1 Å². The third-order valence-electron chi connectivity index (χ3n) is 2.70. The van der Waals surface area contributed by atoms with Crippen molar-refractivity contribution in [3.8, 4) is 0 Å². The summed E-state index contributed by atoms with van der Waals surface area (Å²) in [5, 5.41) is 9.66. The molecule has 1 aromatic carbocycles. The Morgan fingerprint density at radius 1 is 1.47 bits per heavy atom. The van der Waals surface area contributed by atoms with Crippen molar-refractivity contribution in [1.82, 2.24) is 4.90 Å². The van der Waals surface area contributed by atoms with E-state index in [0.29, 0.717) is 12.5 Å². The number of hydrogen-bond donors (Lipinski definition) is 1. The molecule has 0 radical (unpaired) electrons. The van der Waals surface area contributed by atoms with E-state index in [2.05, 4.69) is 20.8 Å². The van der Waals surface area contributed by atoms with Crippen molar-refractivity contribution in [3.05, 3.63) is 33.3 Å². The van der Waals surface area contributed by atoms with E-state index in [9.17, 15) is 0 Å². The Kier molecular flexibility index (Phi) is 3.67. The molecule has 1 N–H and O–H groups in total. The molecular formula is C11H13BrClNO. The van der Waals surface area contributed by atoms with Crippen molar-refractivity contribution < 1.29 is 5.11 Å². The monoisotopic (exact) mass is 289 g/mol. The van der Waals surface area contributed by atoms with E-state index in [1.165, 1.54) is 5.56 Å². The average Bonchev–Trinajstić information content (AvgIpc) is 2.13. The molecule has 2 nitrogen and oxygen atoms in total. The minimum atomic E-state index is 0.304. The van der Waals surface area contributed by atoms with E-state index in [-0.39, 0.29) is 0 Å². The minimum absolute atomic E-state index is 0.304. The molecule has 82 valence electrons. The zero-order chi connectivity index (χ0) is 10.8. The third-order valence-corrected chi connectivity index (χ3v) is 3.67. The van der Waals surface area contributed by atoms with Crippen molar-refractivity contribution in [2.24, 2.45) is 5.92 Å². The smallest absolute Gasteiger partial charge is 0.0483 e. The highest BCUT2D eigenvalue weighted by molar-refractivity contribution is 9.10. The molecule has 1 aromatic rings. The number of halogens is 2. The van der Waals surface area contributed by atoms with Crippen LogP contribution in [0.1, 0.15) is 5.56 Å². The van der Waals surface area contributed by atoms with Crippen LogP contribution in [0, 0.1) is 5.92 Å². The summed E-state index contributed by atoms with van der Waals surface area (Å²) in [5.74, 6) is 0.469. The summed E-state index contributed by atoms with van der Waals surface area (Å²) in [6.45, 7) is 3.21. The molecule has 1 aliphatic rings. The van der Waals surface area contributed by atoms with Crippen LogP contribution in [0.5, 0.6) is 0 Å². The molecule has 0 bridgehead atoms. The molecule has 0 amide bonds. The zero-order valence-electron chi connectivity index (χ0n) is 8.29. The van der Waals surface area contributed by atoms with Crippen LogP contribution in [-0.2, 0) is 6.54 Å². The lowest BCUT2D eigenvalue weighted by Crippen LogP contribution is -2.47. The number of benzene rings is 1. The van der Waals surface area contributed by atoms with Gasteiger partial charge in [0.1, 0.15) is 0 Å². The van der Waals surface area contributed by atoms with Crippen molar-refractivity contribution >= 4 is 27.5 Å². The van der Waals surface area contributed by atoms with Crippen molar-refractivity contribution in [3.63, 3.8) is 0 Å². The van der Waals surface area contributed by atoms with E-state index < -0.39 is 0 Å². The van der Waals surface area contributed by atoms with Gasteiger partial charge in [0, 0.05) is 41.7 Å². The summed E-state index contributed by atoms with van der Waals surface area (Å²) >= 11 is 9.37. The van der Waals surface area contributed by atoms with E-state index in [1.54, 1.807) is 0 Å². The number of aliphatic hydroxyl groups excluding tert-OH is 1. The summed E-state index contributed by atoms with van der Waals surface area (Å²) in [6.07, 6.45) is 0. The largest absolute Gasteiger partial charge is 0.396 e. The van der Waals surface area contributed by atoms with Crippen LogP contribution in [0.4, 0.5) is 0 Å². The molecule has 1 fully saturated rings. The Hall–Kier alpha value is -0.0900. The molecule has 1 aliphatic heterocycles. The molecule has 2 rings (SSSR count). The molecule has 0 aliphatic carbocycles. The SMILES string of the molecule is OCC1CN(Cc2ccc(Cl)cc2Br)C1. The van der Waals surface area contributed by atoms with E-state index >= 15 is 0 Å². The van der Waals surface area contributed by atoms with Gasteiger partial charge < -0.3 is 5.11 Å². The van der Waals surface area contributed by atoms with Gasteiger partial charge in [-0.2, -0.15) is 0 Å². The van der Waals surface area contributed by atoms with Crippen LogP contribution >= 0.6 is 27.5 Å². The Bertz CT molecular complexity index is 352. The second-order valence-electron chi connectivity index (χ2n) is 3.98. The van der Waals surface area contributed by atoms with Crippen molar-refractivity contribution in [2.75, 3.05) is 19.7 Å². The fourth-order valence-electron chi connectivity index (χ4n) is 1.81. The molecule has 15 heavy (non-hydrogen) atoms. The second-order valence-corrected chi connectivity index (χ2v) is 5.27. The van der Waals surface area contributed by atoms with Crippen molar-refractivity contribution in [2.45, 2.75) is 6.54 Å². The fourth-order valence-corrected chi connectivity index (χ4v) is 2.62. The summed E-state index contributed by atoms with van der Waals surface area (Å²) < 4.78 is 1.06. The number of nitrogens with zero attached hydrogens (tertiary/aromatic N) is 1. The maximum atomic E-state index is 8.91. The molecule has 0 unspecified atom stereocenters. The van der Waals surface area contributed by atoms with Crippen molar-refractivity contribution in [1.29, 1.82) is 0 Å². The second kappa shape index (κ2) is 4.83. The predicted molar refractivity (Wildman–Crippen MR) is 65.0 cm³/mol. The minimum Gasteiger partial charge on any atom is -0.396 e. The van der Waals surface area contributed by atoms with Gasteiger partial charge in [0.25, 0.3) is 0 Å². The highest BCUT2D eigenvalue weighted by atomic mass is 79.9. The first-order valence-electron chi connectivity index (χ1n) is 4.96. The van der Waals surface area contributed by atoms with Gasteiger partial charge in [0.15, 0.2) is 0 Å². The highest BCUT2D eigenvalue weighted by Gasteiger charge is 2.25. The lowest BCUT2D eigenvalue weighted by atomic mass is 10.0.